The van der Waals surface area contributed by atoms with Gasteiger partial charge in [-0.2, -0.15) is 0 Å². The summed E-state index contributed by atoms with van der Waals surface area (Å²) < 4.78 is 6.93. The van der Waals surface area contributed by atoms with Gasteiger partial charge >= 0.3 is 4.59 Å². The highest BCUT2D eigenvalue weighted by molar-refractivity contribution is 6.75. The van der Waals surface area contributed by atoms with Crippen LogP contribution in [0.15, 0.2) is 0 Å². The second-order valence-corrected chi connectivity index (χ2v) is 4.51. The van der Waals surface area contributed by atoms with Gasteiger partial charge in [0, 0.05) is 0 Å². The lowest BCUT2D eigenvalue weighted by molar-refractivity contribution is 0.398. The molecule has 0 aliphatic rings. The molecule has 0 aliphatic heterocycles. The summed E-state index contributed by atoms with van der Waals surface area (Å²) in [6.45, 7) is 0. The third-order valence-corrected chi connectivity index (χ3v) is 2.25. The summed E-state index contributed by atoms with van der Waals surface area (Å²) >= 11 is 24.1. The van der Waals surface area contributed by atoms with E-state index in [2.05, 4.69) is 0 Å². The molecule has 0 heterocycles. The summed E-state index contributed by atoms with van der Waals surface area (Å²) in [6.07, 6.45) is 0. The zero-order valence-electron chi connectivity index (χ0n) is 3.27. The second-order valence-electron chi connectivity index (χ2n) is 0.996. The maximum absolute atomic E-state index is 12.0. The summed E-state index contributed by atoms with van der Waals surface area (Å²) in [6, 6.07) is 0. The number of alkyl halides is 6. The summed E-state index contributed by atoms with van der Waals surface area (Å²) in [7, 11) is 0. The van der Waals surface area contributed by atoms with Gasteiger partial charge in [0.25, 0.3) is 3.79 Å². The van der Waals surface area contributed by atoms with Crippen LogP contribution in [0.4, 0.5) is 4.39 Å². The molecule has 0 saturated heterocycles. The van der Waals surface area contributed by atoms with Crippen LogP contribution >= 0.6 is 58.0 Å². The summed E-state index contributed by atoms with van der Waals surface area (Å²) in [5.74, 6) is 0. The highest BCUT2D eigenvalue weighted by Crippen LogP contribution is 2.46. The van der Waals surface area contributed by atoms with Crippen LogP contribution in [0.3, 0.4) is 0 Å². The second kappa shape index (κ2) is 2.55. The molecule has 0 aliphatic carbocycles. The third-order valence-electron chi connectivity index (χ3n) is 0.321. The monoisotopic (exact) mass is 218 g/mol. The Balaban J connectivity index is 4.02. The van der Waals surface area contributed by atoms with E-state index in [0.29, 0.717) is 0 Å². The standard InChI is InChI=1S/C2Cl5F/c3-1(4,5)2(6,7)8. The smallest absolute Gasteiger partial charge is 0.203 e. The average Bonchev–Trinajstić information content (AvgIpc) is 1.25. The molecule has 0 nitrogen and oxygen atoms in total. The zero-order valence-corrected chi connectivity index (χ0v) is 7.05. The molecule has 0 atom stereocenters. The molecule has 0 aromatic heterocycles. The zero-order chi connectivity index (χ0) is 7.00. The van der Waals surface area contributed by atoms with E-state index in [0.717, 1.165) is 0 Å². The first-order valence-corrected chi connectivity index (χ1v) is 3.27. The summed E-state index contributed by atoms with van der Waals surface area (Å²) in [5, 5.41) is 0. The number of hydrogen-bond donors (Lipinski definition) is 0. The first kappa shape index (κ1) is 9.38. The number of rotatable bonds is 0. The van der Waals surface area contributed by atoms with E-state index in [1.165, 1.54) is 0 Å². The van der Waals surface area contributed by atoms with E-state index < -0.39 is 8.38 Å². The first-order valence-electron chi connectivity index (χ1n) is 1.38. The van der Waals surface area contributed by atoms with E-state index >= 15 is 0 Å². The van der Waals surface area contributed by atoms with Crippen LogP contribution in [0.2, 0.25) is 0 Å². The molecule has 0 radical (unpaired) electrons. The summed E-state index contributed by atoms with van der Waals surface area (Å²) in [4.78, 5) is 0. The first-order chi connectivity index (χ1) is 3.25. The van der Waals surface area contributed by atoms with Crippen molar-refractivity contribution >= 4 is 58.0 Å². The van der Waals surface area contributed by atoms with Crippen LogP contribution in [0.25, 0.3) is 0 Å². The van der Waals surface area contributed by atoms with E-state index in [4.69, 9.17) is 58.0 Å². The van der Waals surface area contributed by atoms with Crippen LogP contribution in [-0.4, -0.2) is 8.38 Å². The van der Waals surface area contributed by atoms with Crippen molar-refractivity contribution < 1.29 is 4.39 Å². The van der Waals surface area contributed by atoms with Crippen LogP contribution in [-0.2, 0) is 0 Å². The predicted molar refractivity (Wildman–Crippen MR) is 35.8 cm³/mol. The van der Waals surface area contributed by atoms with Gasteiger partial charge in [-0.3, -0.25) is 0 Å². The molecular formula is C2Cl5F. The van der Waals surface area contributed by atoms with Crippen molar-refractivity contribution in [1.82, 2.24) is 0 Å². The van der Waals surface area contributed by atoms with Crippen molar-refractivity contribution in [2.24, 2.45) is 0 Å². The van der Waals surface area contributed by atoms with Crippen molar-refractivity contribution in [2.45, 2.75) is 8.38 Å². The van der Waals surface area contributed by atoms with Gasteiger partial charge in [0.1, 0.15) is 0 Å². The van der Waals surface area contributed by atoms with Gasteiger partial charge in [-0.05, 0) is 0 Å². The van der Waals surface area contributed by atoms with Gasteiger partial charge in [-0.15, -0.1) is 0 Å². The number of halogens is 6. The molecule has 0 fully saturated rings. The van der Waals surface area contributed by atoms with Gasteiger partial charge < -0.3 is 0 Å². The molecule has 0 N–H and O–H groups in total. The lowest BCUT2D eigenvalue weighted by Crippen LogP contribution is -2.24. The Morgan fingerprint density at radius 3 is 1.00 bits per heavy atom. The topological polar surface area (TPSA) is 0 Å². The molecule has 0 aromatic carbocycles. The Kier molecular flexibility index (Phi) is 2.99. The molecule has 50 valence electrons. The van der Waals surface area contributed by atoms with Crippen molar-refractivity contribution in [3.8, 4) is 0 Å². The Hall–Kier alpha value is 1.38. The largest absolute Gasteiger partial charge is 0.304 e. The maximum Gasteiger partial charge on any atom is 0.304 e. The van der Waals surface area contributed by atoms with Gasteiger partial charge in [-0.1, -0.05) is 58.0 Å². The van der Waals surface area contributed by atoms with Gasteiger partial charge in [-0.25, -0.2) is 4.39 Å². The van der Waals surface area contributed by atoms with Crippen molar-refractivity contribution in [3.63, 3.8) is 0 Å². The molecule has 0 bridgehead atoms. The van der Waals surface area contributed by atoms with Crippen molar-refractivity contribution in [3.05, 3.63) is 0 Å². The molecule has 0 rings (SSSR count). The van der Waals surface area contributed by atoms with Gasteiger partial charge in [0.15, 0.2) is 0 Å². The lowest BCUT2D eigenvalue weighted by Gasteiger charge is -2.17. The van der Waals surface area contributed by atoms with Crippen LogP contribution in [0.5, 0.6) is 0 Å². The molecule has 0 aromatic rings. The molecule has 0 spiro atoms. The van der Waals surface area contributed by atoms with E-state index in [1.54, 1.807) is 0 Å². The van der Waals surface area contributed by atoms with E-state index in [-0.39, 0.29) is 0 Å². The number of hydrogen-bond acceptors (Lipinski definition) is 0. The lowest BCUT2D eigenvalue weighted by atomic mass is 10.8. The SMILES string of the molecule is FC(Cl)(Cl)C(Cl)(Cl)Cl. The van der Waals surface area contributed by atoms with Gasteiger partial charge in [0.2, 0.25) is 0 Å². The Morgan fingerprint density at radius 2 is 1.00 bits per heavy atom. The fourth-order valence-corrected chi connectivity index (χ4v) is 0. The quantitative estimate of drug-likeness (QED) is 0.548. The normalized spacial score (nSPS) is 14.2. The van der Waals surface area contributed by atoms with Gasteiger partial charge in [0.05, 0.1) is 0 Å². The van der Waals surface area contributed by atoms with E-state index in [1.807, 2.05) is 0 Å². The molecular weight excluding hydrogens is 220 g/mol. The Labute approximate surface area is 70.8 Å². The van der Waals surface area contributed by atoms with Crippen molar-refractivity contribution in [2.75, 3.05) is 0 Å². The van der Waals surface area contributed by atoms with Crippen LogP contribution < -0.4 is 0 Å². The van der Waals surface area contributed by atoms with Crippen molar-refractivity contribution in [1.29, 1.82) is 0 Å². The summed E-state index contributed by atoms with van der Waals surface area (Å²) in [5.41, 5.74) is 0. The molecule has 8 heavy (non-hydrogen) atoms. The average molecular weight is 220 g/mol. The minimum absolute atomic E-state index is 2.28. The third kappa shape index (κ3) is 2.79. The highest BCUT2D eigenvalue weighted by Gasteiger charge is 2.46. The molecule has 0 unspecified atom stereocenters. The van der Waals surface area contributed by atoms with E-state index in [9.17, 15) is 4.39 Å². The minimum atomic E-state index is -2.82. The maximum atomic E-state index is 12.0. The predicted octanol–water partition coefficient (Wildman–Crippen LogP) is 3.46. The molecule has 0 amide bonds. The van der Waals surface area contributed by atoms with Crippen LogP contribution in [0, 0.1) is 0 Å². The van der Waals surface area contributed by atoms with Crippen LogP contribution in [0.1, 0.15) is 0 Å². The Morgan fingerprint density at radius 1 is 0.875 bits per heavy atom. The fraction of sp³-hybridized carbons (Fsp3) is 1.00. The minimum Gasteiger partial charge on any atom is -0.203 e. The fourth-order valence-electron chi connectivity index (χ4n) is 0. The molecule has 0 saturated carbocycles. The highest BCUT2D eigenvalue weighted by atomic mass is 35.6. The molecule has 6 heteroatoms. The Bertz CT molecular complexity index is 65.4.